The van der Waals surface area contributed by atoms with E-state index in [9.17, 15) is 5.26 Å². The van der Waals surface area contributed by atoms with E-state index in [1.165, 1.54) is 0 Å². The SMILES string of the molecule is [C-]#[N+]c1c([N+]#[C-])c([N+]#[C-])c2c3ccc4ccccc4c3c3ncccc3c2c1C#N.[C-]#[N+]c1cc2c(cc1[N+]#[C-])c1ccc3ccccc3c1c1ncccc21.[C-]#[N+]c1cc2c3cccnc3c3c4ccccc4ccc3c2c([N+]#[C-])c1[N+]#[C-].[C-]#[N+]c1nc2c3cccnc3c3c4ccccc4ccc3c2nc1[N+]#[C-]. The Bertz CT molecular complexity index is 7920. The van der Waals surface area contributed by atoms with Gasteiger partial charge in [0.25, 0.3) is 11.6 Å². The van der Waals surface area contributed by atoms with Crippen molar-refractivity contribution >= 4 is 230 Å². The molecule has 0 N–H and O–H groups in total. The average Bonchev–Trinajstić information content (AvgIpc) is 0.714. The molecule has 17 heteroatoms. The number of pyridine rings is 4. The molecular formula is C93H39N17. The van der Waals surface area contributed by atoms with E-state index in [1.54, 1.807) is 36.9 Å². The Kier molecular flexibility index (Phi) is 16.0. The fourth-order valence-corrected chi connectivity index (χ4v) is 15.4. The van der Waals surface area contributed by atoms with Gasteiger partial charge in [0.15, 0.2) is 28.4 Å². The van der Waals surface area contributed by atoms with Crippen LogP contribution in [0.3, 0.4) is 0 Å². The predicted molar refractivity (Wildman–Crippen MR) is 440 cm³/mol. The second-order valence-electron chi connectivity index (χ2n) is 25.3. The summed E-state index contributed by atoms with van der Waals surface area (Å²) in [5.74, 6) is 0.0583. The molecule has 20 rings (SSSR count). The van der Waals surface area contributed by atoms with Gasteiger partial charge in [-0.2, -0.15) is 5.26 Å². The monoisotopic (exact) mass is 1390 g/mol. The lowest BCUT2D eigenvalue weighted by Gasteiger charge is -2.16. The van der Waals surface area contributed by atoms with Crippen molar-refractivity contribution in [1.29, 1.82) is 5.26 Å². The van der Waals surface area contributed by atoms with E-state index in [0.29, 0.717) is 44.1 Å². The van der Waals surface area contributed by atoms with Crippen LogP contribution >= 0.6 is 0 Å². The molecule has 0 aliphatic rings. The Balaban J connectivity index is 0.000000107. The molecule has 5 heterocycles. The number of nitrogens with zero attached hydrogens (tertiary/aromatic N) is 17. The molecule has 0 saturated heterocycles. The minimum Gasteiger partial charge on any atom is -0.370 e. The normalized spacial score (nSPS) is 10.8. The van der Waals surface area contributed by atoms with Gasteiger partial charge in [0.1, 0.15) is 0 Å². The molecule has 0 radical (unpaired) electrons. The summed E-state index contributed by atoms with van der Waals surface area (Å²) in [6, 6.07) is 71.3. The molecule has 0 atom stereocenters. The Morgan fingerprint density at radius 2 is 0.564 bits per heavy atom. The Morgan fingerprint density at radius 1 is 0.227 bits per heavy atom. The molecule has 17 nitrogen and oxygen atoms in total. The van der Waals surface area contributed by atoms with E-state index in [1.807, 2.05) is 152 Å². The second kappa shape index (κ2) is 26.7. The van der Waals surface area contributed by atoms with Gasteiger partial charge in [0, 0.05) is 67.9 Å². The van der Waals surface area contributed by atoms with Gasteiger partial charge >= 0.3 is 0 Å². The minimum absolute atomic E-state index is 0.0257. The summed E-state index contributed by atoms with van der Waals surface area (Å²) in [5, 5.41) is 34.0. The highest BCUT2D eigenvalue weighted by Gasteiger charge is 2.27. The minimum atomic E-state index is -0.0729. The van der Waals surface area contributed by atoms with Crippen molar-refractivity contribution in [2.75, 3.05) is 0 Å². The standard InChI is InChI=1S/C25H9N5.C24H10N4.C23H11N3.C21H9N5/c1-27-23-18(13-26)19-17-9-6-12-30-22(17)20-15-8-5-4-7-14(15)10-11-16(20)21(19)24(28-2)25(23)29-3;1-25-19-13-18-16-9-6-12-28-22(16)20-15-8-5-4-7-14(15)10-11-17(20)21(18)24(27-3)23(19)26-2;1-24-20-12-18-16-10-9-14-6-3-4-7-15(14)22(16)23-17(8-5-11-26-23)19(18)13-21(20)25-2;1-22-20-21(23-2)26-19-15-8-5-11-24-17(15)16-13-7-4-3-6-12(13)9-10-14(16)18(19)25-20/h4-12H;4-13H;3-13H;3-11H. The highest BCUT2D eigenvalue weighted by atomic mass is 15.0. The zero-order chi connectivity index (χ0) is 75.4. The first-order valence-corrected chi connectivity index (χ1v) is 33.8. The van der Waals surface area contributed by atoms with Crippen molar-refractivity contribution in [2.24, 2.45) is 0 Å². The first-order chi connectivity index (χ1) is 54.1. The molecule has 5 aromatic heterocycles. The van der Waals surface area contributed by atoms with Crippen LogP contribution in [0.4, 0.5) is 57.1 Å². The summed E-state index contributed by atoms with van der Waals surface area (Å²) in [6.45, 7) is 75.2. The molecule has 20 aromatic rings. The molecule has 15 aromatic carbocycles. The van der Waals surface area contributed by atoms with Crippen LogP contribution in [-0.4, -0.2) is 29.9 Å². The quantitative estimate of drug-likeness (QED) is 0.109. The molecule has 0 bridgehead atoms. The van der Waals surface area contributed by atoms with Crippen LogP contribution in [0.2, 0.25) is 0 Å². The summed E-state index contributed by atoms with van der Waals surface area (Å²) in [7, 11) is 0. The maximum atomic E-state index is 9.94. The summed E-state index contributed by atoms with van der Waals surface area (Å²) in [4.78, 5) is 62.6. The van der Waals surface area contributed by atoms with E-state index in [2.05, 4.69) is 133 Å². The third kappa shape index (κ3) is 10.1. The van der Waals surface area contributed by atoms with Crippen LogP contribution in [0.25, 0.3) is 222 Å². The van der Waals surface area contributed by atoms with Crippen LogP contribution in [0.5, 0.6) is 0 Å². The number of nitriles is 1. The smallest absolute Gasteiger partial charge is 0.294 e. The average molecular weight is 1390 g/mol. The lowest BCUT2D eigenvalue weighted by Crippen LogP contribution is -1.92. The first-order valence-electron chi connectivity index (χ1n) is 33.8. The predicted octanol–water partition coefficient (Wildman–Crippen LogP) is 26.9. The van der Waals surface area contributed by atoms with Gasteiger partial charge in [0.05, 0.1) is 91.7 Å². The molecule has 0 unspecified atom stereocenters. The van der Waals surface area contributed by atoms with Crippen LogP contribution in [0.15, 0.2) is 237 Å². The summed E-state index contributed by atoms with van der Waals surface area (Å²) in [6.07, 6.45) is 7.01. The molecule has 0 fully saturated rings. The summed E-state index contributed by atoms with van der Waals surface area (Å²) < 4.78 is 0. The topological polar surface area (TPSA) is 145 Å². The van der Waals surface area contributed by atoms with Crippen LogP contribution in [-0.2, 0) is 0 Å². The van der Waals surface area contributed by atoms with Crippen LogP contribution < -0.4 is 0 Å². The largest absolute Gasteiger partial charge is 0.370 e. The van der Waals surface area contributed by atoms with Gasteiger partial charge in [-0.1, -0.05) is 189 Å². The molecule has 0 spiro atoms. The van der Waals surface area contributed by atoms with Crippen molar-refractivity contribution in [3.8, 4) is 6.07 Å². The number of fused-ring (bicyclic) bond motifs is 32. The van der Waals surface area contributed by atoms with Crippen molar-refractivity contribution in [3.05, 3.63) is 357 Å². The summed E-state index contributed by atoms with van der Waals surface area (Å²) in [5.41, 5.74) is 5.96. The summed E-state index contributed by atoms with van der Waals surface area (Å²) >= 11 is 0. The molecule has 0 aliphatic carbocycles. The van der Waals surface area contributed by atoms with Gasteiger partial charge in [0.2, 0.25) is 28.1 Å². The van der Waals surface area contributed by atoms with Gasteiger partial charge < -0.3 is 9.69 Å². The van der Waals surface area contributed by atoms with Crippen LogP contribution in [0.1, 0.15) is 5.56 Å². The van der Waals surface area contributed by atoms with E-state index < -0.39 is 0 Å². The molecule has 0 aliphatic heterocycles. The van der Waals surface area contributed by atoms with Crippen molar-refractivity contribution in [1.82, 2.24) is 29.9 Å². The van der Waals surface area contributed by atoms with Gasteiger partial charge in [-0.15, -0.1) is 9.97 Å². The lowest BCUT2D eigenvalue weighted by molar-refractivity contribution is 1.35. The first kappa shape index (κ1) is 65.8. The molecule has 0 amide bonds. The zero-order valence-electron chi connectivity index (χ0n) is 57.1. The Labute approximate surface area is 624 Å². The second-order valence-corrected chi connectivity index (χ2v) is 25.3. The maximum Gasteiger partial charge on any atom is 0.294 e. The third-order valence-corrected chi connectivity index (χ3v) is 20.0. The fourth-order valence-electron chi connectivity index (χ4n) is 15.4. The fraction of sp³-hybridized carbons (Fsp3) is 0. The molecule has 496 valence electrons. The number of benzene rings is 15. The van der Waals surface area contributed by atoms with E-state index in [-0.39, 0.29) is 51.3 Å². The number of hydrogen-bond donors (Lipinski definition) is 0. The highest BCUT2D eigenvalue weighted by Crippen LogP contribution is 2.54. The number of rotatable bonds is 0. The Morgan fingerprint density at radius 3 is 1.02 bits per heavy atom. The maximum absolute atomic E-state index is 9.94. The van der Waals surface area contributed by atoms with E-state index >= 15 is 0 Å². The van der Waals surface area contributed by atoms with Crippen molar-refractivity contribution in [3.63, 3.8) is 0 Å². The van der Waals surface area contributed by atoms with Gasteiger partial charge in [-0.3, -0.25) is 58.7 Å². The van der Waals surface area contributed by atoms with Crippen molar-refractivity contribution in [2.45, 2.75) is 0 Å². The highest BCUT2D eigenvalue weighted by molar-refractivity contribution is 6.38. The van der Waals surface area contributed by atoms with Gasteiger partial charge in [-0.05, 0) is 128 Å². The van der Waals surface area contributed by atoms with E-state index in [4.69, 9.17) is 65.7 Å². The van der Waals surface area contributed by atoms with Gasteiger partial charge in [-0.25, -0.2) is 0 Å². The number of aromatic nitrogens is 6. The molecular weight excluding hydrogens is 1360 g/mol. The third-order valence-electron chi connectivity index (χ3n) is 20.0. The Hall–Kier alpha value is -17.5. The molecule has 110 heavy (non-hydrogen) atoms. The van der Waals surface area contributed by atoms with Crippen molar-refractivity contribution < 1.29 is 0 Å². The van der Waals surface area contributed by atoms with Crippen LogP contribution in [0, 0.1) is 77.1 Å². The zero-order valence-corrected chi connectivity index (χ0v) is 57.1. The lowest BCUT2D eigenvalue weighted by atomic mass is 9.89. The number of hydrogen-bond acceptors (Lipinski definition) is 7. The molecule has 0 saturated carbocycles. The van der Waals surface area contributed by atoms with E-state index in [0.717, 1.165) is 140 Å².